The molecule has 130 valence electrons. The molecular formula is C21H18FN3O. The average Bonchev–Trinajstić information content (AvgIpc) is 3.31. The van der Waals surface area contributed by atoms with Crippen molar-refractivity contribution in [3.05, 3.63) is 71.6 Å². The Kier molecular flexibility index (Phi) is 2.97. The Hall–Kier alpha value is -2.95. The van der Waals surface area contributed by atoms with E-state index >= 15 is 4.39 Å². The number of aromatic nitrogens is 2. The van der Waals surface area contributed by atoms with Crippen molar-refractivity contribution in [3.63, 3.8) is 0 Å². The number of hydrogen-bond acceptors (Lipinski definition) is 2. The minimum atomic E-state index is -0.394. The fourth-order valence-corrected chi connectivity index (χ4v) is 4.14. The number of rotatable bonds is 1. The second-order valence-electron chi connectivity index (χ2n) is 7.14. The monoisotopic (exact) mass is 347 g/mol. The Morgan fingerprint density at radius 2 is 1.96 bits per heavy atom. The molecule has 1 aliphatic carbocycles. The van der Waals surface area contributed by atoms with Crippen LogP contribution in [-0.4, -0.2) is 27.4 Å². The van der Waals surface area contributed by atoms with Crippen molar-refractivity contribution in [2.75, 3.05) is 7.05 Å². The molecule has 1 aliphatic heterocycles. The van der Waals surface area contributed by atoms with Crippen molar-refractivity contribution in [2.24, 2.45) is 0 Å². The highest BCUT2D eigenvalue weighted by atomic mass is 19.1. The third-order valence-electron chi connectivity index (χ3n) is 5.78. The summed E-state index contributed by atoms with van der Waals surface area (Å²) in [4.78, 5) is 19.0. The first-order valence-electron chi connectivity index (χ1n) is 8.75. The predicted molar refractivity (Wildman–Crippen MR) is 96.7 cm³/mol. The van der Waals surface area contributed by atoms with Gasteiger partial charge in [-0.05, 0) is 50.1 Å². The van der Waals surface area contributed by atoms with Gasteiger partial charge < -0.3 is 9.47 Å². The van der Waals surface area contributed by atoms with Crippen LogP contribution in [0.15, 0.2) is 48.8 Å². The van der Waals surface area contributed by atoms with E-state index in [0.29, 0.717) is 11.3 Å². The number of carbonyl (C=O) groups is 1. The second-order valence-corrected chi connectivity index (χ2v) is 7.14. The molecule has 4 nitrogen and oxygen atoms in total. The zero-order valence-electron chi connectivity index (χ0n) is 14.7. The Bertz CT molecular complexity index is 1060. The smallest absolute Gasteiger partial charge is 0.271 e. The lowest BCUT2D eigenvalue weighted by Gasteiger charge is -2.27. The lowest BCUT2D eigenvalue weighted by Crippen LogP contribution is -2.36. The molecule has 1 spiro atoms. The van der Waals surface area contributed by atoms with Crippen molar-refractivity contribution in [2.45, 2.75) is 25.3 Å². The minimum Gasteiger partial charge on any atom is -0.331 e. The van der Waals surface area contributed by atoms with Gasteiger partial charge in [0.15, 0.2) is 0 Å². The number of hydrogen-bond donors (Lipinski definition) is 0. The highest BCUT2D eigenvalue weighted by Crippen LogP contribution is 2.54. The van der Waals surface area contributed by atoms with Gasteiger partial charge in [0.25, 0.3) is 5.91 Å². The van der Waals surface area contributed by atoms with Gasteiger partial charge in [-0.15, -0.1) is 0 Å². The van der Waals surface area contributed by atoms with Gasteiger partial charge in [-0.1, -0.05) is 6.07 Å². The Balaban J connectivity index is 1.83. The third-order valence-corrected chi connectivity index (χ3v) is 5.78. The first-order chi connectivity index (χ1) is 12.5. The van der Waals surface area contributed by atoms with E-state index in [-0.39, 0.29) is 11.7 Å². The van der Waals surface area contributed by atoms with Gasteiger partial charge in [-0.25, -0.2) is 4.39 Å². The van der Waals surface area contributed by atoms with Crippen molar-refractivity contribution in [3.8, 4) is 16.8 Å². The Morgan fingerprint density at radius 1 is 1.15 bits per heavy atom. The number of pyridine rings is 1. The lowest BCUT2D eigenvalue weighted by atomic mass is 9.95. The van der Waals surface area contributed by atoms with E-state index in [2.05, 4.69) is 4.98 Å². The van der Waals surface area contributed by atoms with Gasteiger partial charge in [0.05, 0.1) is 11.2 Å². The normalized spacial score (nSPS) is 17.0. The summed E-state index contributed by atoms with van der Waals surface area (Å²) >= 11 is 0. The van der Waals surface area contributed by atoms with Crippen LogP contribution in [0.5, 0.6) is 0 Å². The largest absolute Gasteiger partial charge is 0.331 e. The molecule has 3 heterocycles. The van der Waals surface area contributed by atoms with E-state index in [9.17, 15) is 4.79 Å². The molecule has 0 unspecified atom stereocenters. The summed E-state index contributed by atoms with van der Waals surface area (Å²) in [7, 11) is 1.82. The number of aryl methyl sites for hydroxylation is 1. The first-order valence-corrected chi connectivity index (χ1v) is 8.75. The number of nitrogens with zero attached hydrogens (tertiary/aromatic N) is 3. The van der Waals surface area contributed by atoms with E-state index in [4.69, 9.17) is 0 Å². The molecular weight excluding hydrogens is 329 g/mol. The summed E-state index contributed by atoms with van der Waals surface area (Å²) in [6, 6.07) is 10.9. The van der Waals surface area contributed by atoms with E-state index in [1.807, 2.05) is 55.1 Å². The first kappa shape index (κ1) is 15.3. The molecule has 0 radical (unpaired) electrons. The molecule has 0 bridgehead atoms. The highest BCUT2D eigenvalue weighted by molar-refractivity contribution is 5.95. The maximum atomic E-state index is 15.1. The number of amides is 1. The van der Waals surface area contributed by atoms with E-state index in [0.717, 1.165) is 35.3 Å². The van der Waals surface area contributed by atoms with E-state index in [1.165, 1.54) is 0 Å². The van der Waals surface area contributed by atoms with Crippen molar-refractivity contribution in [1.29, 1.82) is 0 Å². The van der Waals surface area contributed by atoms with Gasteiger partial charge in [-0.2, -0.15) is 0 Å². The van der Waals surface area contributed by atoms with Gasteiger partial charge >= 0.3 is 0 Å². The summed E-state index contributed by atoms with van der Waals surface area (Å²) in [5.74, 6) is -0.300. The standard InChI is InChI=1S/C21H18FN3O/c1-13-14(5-3-9-23-13)15-11-19-16(12-17(15)22)21(7-8-21)24(2)20(26)18-6-4-10-25(18)19/h3-6,9-12H,7-8H2,1-2H3. The van der Waals surface area contributed by atoms with Crippen LogP contribution in [0.1, 0.15) is 34.6 Å². The van der Waals surface area contributed by atoms with Crippen LogP contribution < -0.4 is 0 Å². The van der Waals surface area contributed by atoms with E-state index < -0.39 is 5.54 Å². The Morgan fingerprint density at radius 3 is 2.69 bits per heavy atom. The molecule has 3 aromatic rings. The predicted octanol–water partition coefficient (Wildman–Crippen LogP) is 4.06. The summed E-state index contributed by atoms with van der Waals surface area (Å²) in [5.41, 5.74) is 4.04. The van der Waals surface area contributed by atoms with Crippen LogP contribution in [0.4, 0.5) is 4.39 Å². The van der Waals surface area contributed by atoms with Gasteiger partial charge in [0.2, 0.25) is 0 Å². The quantitative estimate of drug-likeness (QED) is 0.666. The van der Waals surface area contributed by atoms with Gasteiger partial charge in [0.1, 0.15) is 11.5 Å². The Labute approximate surface area is 150 Å². The molecule has 0 N–H and O–H groups in total. The zero-order chi connectivity index (χ0) is 18.1. The van der Waals surface area contributed by atoms with Crippen LogP contribution in [0, 0.1) is 12.7 Å². The molecule has 1 fully saturated rings. The molecule has 0 saturated heterocycles. The average molecular weight is 347 g/mol. The summed E-state index contributed by atoms with van der Waals surface area (Å²) in [5, 5.41) is 0. The fraction of sp³-hybridized carbons (Fsp3) is 0.238. The summed E-state index contributed by atoms with van der Waals surface area (Å²) < 4.78 is 17.0. The van der Waals surface area contributed by atoms with Crippen LogP contribution in [0.25, 0.3) is 16.8 Å². The maximum Gasteiger partial charge on any atom is 0.271 e. The summed E-state index contributed by atoms with van der Waals surface area (Å²) in [6.07, 6.45) is 5.30. The molecule has 1 aromatic carbocycles. The molecule has 2 aromatic heterocycles. The molecule has 26 heavy (non-hydrogen) atoms. The van der Waals surface area contributed by atoms with Gasteiger partial charge in [0, 0.05) is 41.8 Å². The van der Waals surface area contributed by atoms with Crippen LogP contribution in [0.2, 0.25) is 0 Å². The maximum absolute atomic E-state index is 15.1. The number of benzene rings is 1. The highest BCUT2D eigenvalue weighted by Gasteiger charge is 2.53. The van der Waals surface area contributed by atoms with Crippen molar-refractivity contribution in [1.82, 2.24) is 14.5 Å². The molecule has 5 rings (SSSR count). The number of carbonyl (C=O) groups excluding carboxylic acids is 1. The van der Waals surface area contributed by atoms with Gasteiger partial charge in [-0.3, -0.25) is 9.78 Å². The second kappa shape index (κ2) is 5.04. The zero-order valence-corrected chi connectivity index (χ0v) is 14.7. The van der Waals surface area contributed by atoms with E-state index in [1.54, 1.807) is 17.2 Å². The van der Waals surface area contributed by atoms with Crippen molar-refractivity contribution < 1.29 is 9.18 Å². The summed E-state index contributed by atoms with van der Waals surface area (Å²) in [6.45, 7) is 1.88. The molecule has 2 aliphatic rings. The van der Waals surface area contributed by atoms with Crippen LogP contribution in [-0.2, 0) is 5.54 Å². The molecule has 5 heteroatoms. The minimum absolute atomic E-state index is 0.0248. The van der Waals surface area contributed by atoms with Crippen LogP contribution in [0.3, 0.4) is 0 Å². The topological polar surface area (TPSA) is 38.1 Å². The molecule has 1 amide bonds. The van der Waals surface area contributed by atoms with Crippen LogP contribution >= 0.6 is 0 Å². The SMILES string of the molecule is Cc1ncccc1-c1cc2c(cc1F)C1(CC1)N(C)C(=O)c1cccn1-2. The third kappa shape index (κ3) is 1.88. The lowest BCUT2D eigenvalue weighted by molar-refractivity contribution is 0.0705. The molecule has 1 saturated carbocycles. The number of fused-ring (bicyclic) bond motifs is 4. The fourth-order valence-electron chi connectivity index (χ4n) is 4.14. The molecule has 0 atom stereocenters. The van der Waals surface area contributed by atoms with Crippen molar-refractivity contribution >= 4 is 5.91 Å². The number of halogens is 1.